The van der Waals surface area contributed by atoms with Gasteiger partial charge in [-0.15, -0.1) is 0 Å². The number of hydrogen-bond acceptors (Lipinski definition) is 5. The topological polar surface area (TPSA) is 69.2 Å². The molecule has 31 heavy (non-hydrogen) atoms. The van der Waals surface area contributed by atoms with Crippen LogP contribution in [-0.4, -0.2) is 26.3 Å². The number of ether oxygens (including phenoxy) is 3. The fourth-order valence-corrected chi connectivity index (χ4v) is 3.14. The molecule has 3 aromatic carbocycles. The molecule has 0 aromatic heterocycles. The Kier molecular flexibility index (Phi) is 7.76. The van der Waals surface area contributed by atoms with Crippen molar-refractivity contribution in [2.24, 2.45) is 5.10 Å². The van der Waals surface area contributed by atoms with Crippen molar-refractivity contribution in [1.29, 1.82) is 0 Å². The molecule has 1 amide bonds. The van der Waals surface area contributed by atoms with E-state index in [1.54, 1.807) is 42.5 Å². The molecule has 0 aliphatic carbocycles. The Balaban J connectivity index is 1.70. The first-order valence-electron chi connectivity index (χ1n) is 9.22. The lowest BCUT2D eigenvalue weighted by atomic mass is 10.2. The van der Waals surface area contributed by atoms with Gasteiger partial charge in [-0.3, -0.25) is 4.79 Å². The van der Waals surface area contributed by atoms with E-state index >= 15 is 0 Å². The predicted molar refractivity (Wildman–Crippen MR) is 122 cm³/mol. The van der Waals surface area contributed by atoms with Crippen molar-refractivity contribution in [3.63, 3.8) is 0 Å². The van der Waals surface area contributed by atoms with Gasteiger partial charge < -0.3 is 14.2 Å². The van der Waals surface area contributed by atoms with Gasteiger partial charge in [-0.1, -0.05) is 35.3 Å². The van der Waals surface area contributed by atoms with Gasteiger partial charge in [-0.05, 0) is 54.1 Å². The molecular weight excluding hydrogens is 439 g/mol. The summed E-state index contributed by atoms with van der Waals surface area (Å²) in [4.78, 5) is 12.4. The summed E-state index contributed by atoms with van der Waals surface area (Å²) in [5, 5.41) is 5.18. The summed E-state index contributed by atoms with van der Waals surface area (Å²) in [5.41, 5.74) is 4.39. The number of methoxy groups -OCH3 is 2. The molecule has 0 aliphatic rings. The first-order valence-corrected chi connectivity index (χ1v) is 9.98. The normalized spacial score (nSPS) is 10.7. The first kappa shape index (κ1) is 22.5. The summed E-state index contributed by atoms with van der Waals surface area (Å²) in [5.74, 6) is 1.14. The zero-order valence-electron chi connectivity index (χ0n) is 16.9. The molecule has 8 heteroatoms. The SMILES string of the molecule is COc1ccc(C(=O)N/N=C/c2cc(Cl)ccc2OCc2cccc(Cl)c2)cc1OC. The van der Waals surface area contributed by atoms with Crippen LogP contribution in [0.25, 0.3) is 0 Å². The maximum atomic E-state index is 12.4. The molecule has 6 nitrogen and oxygen atoms in total. The van der Waals surface area contributed by atoms with Crippen LogP contribution in [0.3, 0.4) is 0 Å². The van der Waals surface area contributed by atoms with Crippen molar-refractivity contribution >= 4 is 35.3 Å². The Morgan fingerprint density at radius 1 is 0.935 bits per heavy atom. The van der Waals surface area contributed by atoms with E-state index in [1.807, 2.05) is 18.2 Å². The Labute approximate surface area is 190 Å². The number of hydrazone groups is 1. The summed E-state index contributed by atoms with van der Waals surface area (Å²) < 4.78 is 16.3. The Morgan fingerprint density at radius 3 is 2.42 bits per heavy atom. The Morgan fingerprint density at radius 2 is 1.68 bits per heavy atom. The van der Waals surface area contributed by atoms with E-state index in [2.05, 4.69) is 10.5 Å². The van der Waals surface area contributed by atoms with Gasteiger partial charge in [0.2, 0.25) is 0 Å². The molecule has 0 heterocycles. The van der Waals surface area contributed by atoms with E-state index in [0.717, 1.165) is 5.56 Å². The average Bonchev–Trinajstić information content (AvgIpc) is 2.78. The quantitative estimate of drug-likeness (QED) is 0.364. The molecule has 0 spiro atoms. The number of carbonyl (C=O) groups excluding carboxylic acids is 1. The van der Waals surface area contributed by atoms with Gasteiger partial charge in [0.05, 0.1) is 20.4 Å². The summed E-state index contributed by atoms with van der Waals surface area (Å²) in [7, 11) is 3.03. The van der Waals surface area contributed by atoms with Crippen LogP contribution < -0.4 is 19.6 Å². The standard InChI is InChI=1S/C23H20Cl2N2O4/c1-29-21-8-6-16(12-22(21)30-2)23(28)27-26-13-17-11-19(25)7-9-20(17)31-14-15-4-3-5-18(24)10-15/h3-13H,14H2,1-2H3,(H,27,28)/b26-13+. The molecule has 0 atom stereocenters. The number of carbonyl (C=O) groups is 1. The highest BCUT2D eigenvalue weighted by atomic mass is 35.5. The fourth-order valence-electron chi connectivity index (χ4n) is 2.74. The van der Waals surface area contributed by atoms with Gasteiger partial charge in [0.1, 0.15) is 12.4 Å². The van der Waals surface area contributed by atoms with Gasteiger partial charge in [0.15, 0.2) is 11.5 Å². The van der Waals surface area contributed by atoms with Crippen molar-refractivity contribution < 1.29 is 19.0 Å². The van der Waals surface area contributed by atoms with Gasteiger partial charge in [0.25, 0.3) is 5.91 Å². The van der Waals surface area contributed by atoms with Crippen LogP contribution in [0.4, 0.5) is 0 Å². The van der Waals surface area contributed by atoms with Gasteiger partial charge >= 0.3 is 0 Å². The molecule has 0 radical (unpaired) electrons. The second kappa shape index (κ2) is 10.7. The van der Waals surface area contributed by atoms with Crippen LogP contribution in [-0.2, 0) is 6.61 Å². The lowest BCUT2D eigenvalue weighted by Crippen LogP contribution is -2.17. The van der Waals surface area contributed by atoms with Crippen LogP contribution in [0.5, 0.6) is 17.2 Å². The van der Waals surface area contributed by atoms with E-state index in [4.69, 9.17) is 37.4 Å². The first-order chi connectivity index (χ1) is 15.0. The third-order valence-corrected chi connectivity index (χ3v) is 4.74. The number of halogens is 2. The molecule has 0 aliphatic heterocycles. The summed E-state index contributed by atoms with van der Waals surface area (Å²) in [6.45, 7) is 0.320. The Hall–Kier alpha value is -3.22. The second-order valence-electron chi connectivity index (χ2n) is 6.37. The number of nitrogens with zero attached hydrogens (tertiary/aromatic N) is 1. The van der Waals surface area contributed by atoms with Crippen molar-refractivity contribution in [3.05, 3.63) is 87.4 Å². The molecule has 0 bridgehead atoms. The maximum Gasteiger partial charge on any atom is 0.271 e. The van der Waals surface area contributed by atoms with Gasteiger partial charge in [0, 0.05) is 21.2 Å². The minimum atomic E-state index is -0.402. The number of amides is 1. The van der Waals surface area contributed by atoms with Crippen LogP contribution in [0.15, 0.2) is 65.8 Å². The van der Waals surface area contributed by atoms with E-state index in [0.29, 0.717) is 45.0 Å². The van der Waals surface area contributed by atoms with Crippen molar-refractivity contribution in [2.75, 3.05) is 14.2 Å². The molecule has 3 aromatic rings. The molecular formula is C23H20Cl2N2O4. The lowest BCUT2D eigenvalue weighted by Gasteiger charge is -2.10. The van der Waals surface area contributed by atoms with Crippen molar-refractivity contribution in [2.45, 2.75) is 6.61 Å². The molecule has 3 rings (SSSR count). The third-order valence-electron chi connectivity index (χ3n) is 4.27. The summed E-state index contributed by atoms with van der Waals surface area (Å²) in [6.07, 6.45) is 1.47. The van der Waals surface area contributed by atoms with E-state index < -0.39 is 5.91 Å². The molecule has 0 fully saturated rings. The average molecular weight is 459 g/mol. The highest BCUT2D eigenvalue weighted by molar-refractivity contribution is 6.31. The molecule has 1 N–H and O–H groups in total. The number of nitrogens with one attached hydrogen (secondary N) is 1. The maximum absolute atomic E-state index is 12.4. The molecule has 160 valence electrons. The van der Waals surface area contributed by atoms with Crippen LogP contribution in [0.1, 0.15) is 21.5 Å². The number of benzene rings is 3. The zero-order chi connectivity index (χ0) is 22.2. The van der Waals surface area contributed by atoms with E-state index in [1.165, 1.54) is 20.4 Å². The minimum Gasteiger partial charge on any atom is -0.493 e. The number of rotatable bonds is 8. The van der Waals surface area contributed by atoms with Crippen LogP contribution >= 0.6 is 23.2 Å². The third kappa shape index (κ3) is 6.13. The van der Waals surface area contributed by atoms with Crippen LogP contribution in [0, 0.1) is 0 Å². The van der Waals surface area contributed by atoms with Crippen molar-refractivity contribution in [3.8, 4) is 17.2 Å². The lowest BCUT2D eigenvalue weighted by molar-refractivity contribution is 0.0954. The van der Waals surface area contributed by atoms with E-state index in [-0.39, 0.29) is 0 Å². The monoisotopic (exact) mass is 458 g/mol. The fraction of sp³-hybridized carbons (Fsp3) is 0.130. The van der Waals surface area contributed by atoms with Crippen LogP contribution in [0.2, 0.25) is 10.0 Å². The predicted octanol–water partition coefficient (Wildman–Crippen LogP) is 5.35. The highest BCUT2D eigenvalue weighted by Gasteiger charge is 2.10. The second-order valence-corrected chi connectivity index (χ2v) is 7.24. The van der Waals surface area contributed by atoms with Gasteiger partial charge in [-0.2, -0.15) is 5.10 Å². The summed E-state index contributed by atoms with van der Waals surface area (Å²) in [6, 6.07) is 17.4. The minimum absolute atomic E-state index is 0.320. The van der Waals surface area contributed by atoms with Crippen molar-refractivity contribution in [1.82, 2.24) is 5.43 Å². The molecule has 0 saturated heterocycles. The largest absolute Gasteiger partial charge is 0.493 e. The zero-order valence-corrected chi connectivity index (χ0v) is 18.4. The van der Waals surface area contributed by atoms with E-state index in [9.17, 15) is 4.79 Å². The molecule has 0 unspecified atom stereocenters. The summed E-state index contributed by atoms with van der Waals surface area (Å²) >= 11 is 12.1. The smallest absolute Gasteiger partial charge is 0.271 e. The molecule has 0 saturated carbocycles. The van der Waals surface area contributed by atoms with Gasteiger partial charge in [-0.25, -0.2) is 5.43 Å². The number of hydrogen-bond donors (Lipinski definition) is 1. The highest BCUT2D eigenvalue weighted by Crippen LogP contribution is 2.27. The Bertz CT molecular complexity index is 1100.